The predicted molar refractivity (Wildman–Crippen MR) is 201 cm³/mol. The molecule has 0 radical (unpaired) electrons. The van der Waals surface area contributed by atoms with E-state index >= 15 is 0 Å². The Hall–Kier alpha value is -2.64. The largest absolute Gasteiger partial charge is 0.463 e. The summed E-state index contributed by atoms with van der Waals surface area (Å²) in [7, 11) is 0. The zero-order chi connectivity index (χ0) is 36.7. The lowest BCUT2D eigenvalue weighted by molar-refractivity contribution is -0.178. The summed E-state index contributed by atoms with van der Waals surface area (Å²) in [6.45, 7) is 7.87. The van der Waals surface area contributed by atoms with E-state index in [1.165, 1.54) is 63.5 Å². The first-order chi connectivity index (χ1) is 25.3. The topological polar surface area (TPSA) is 105 Å². The van der Waals surface area contributed by atoms with E-state index in [-0.39, 0.29) is 47.9 Å². The van der Waals surface area contributed by atoms with Gasteiger partial charge in [0, 0.05) is 12.2 Å². The van der Waals surface area contributed by atoms with Gasteiger partial charge in [-0.15, -0.1) is 0 Å². The monoisotopic (exact) mass is 724 g/mol. The Balaban J connectivity index is 0.953. The summed E-state index contributed by atoms with van der Waals surface area (Å²) < 4.78 is 22.6. The number of carbonyl (C=O) groups is 4. The zero-order valence-corrected chi connectivity index (χ0v) is 32.0. The number of esters is 4. The molecule has 292 valence electrons. The van der Waals surface area contributed by atoms with Crippen molar-refractivity contribution < 1.29 is 38.1 Å². The smallest absolute Gasteiger partial charge is 0.330 e. The van der Waals surface area contributed by atoms with Crippen molar-refractivity contribution in [2.24, 2.45) is 47.3 Å². The fourth-order valence-corrected chi connectivity index (χ4v) is 10.6. The molecule has 0 aromatic heterocycles. The lowest BCUT2D eigenvalue weighted by atomic mass is 9.68. The second-order valence-electron chi connectivity index (χ2n) is 17.0. The Labute approximate surface area is 313 Å². The van der Waals surface area contributed by atoms with E-state index in [1.807, 2.05) is 0 Å². The molecule has 0 amide bonds. The van der Waals surface area contributed by atoms with Gasteiger partial charge in [-0.3, -0.25) is 9.59 Å². The normalized spacial score (nSPS) is 33.9. The van der Waals surface area contributed by atoms with Gasteiger partial charge in [-0.25, -0.2) is 9.59 Å². The van der Waals surface area contributed by atoms with Gasteiger partial charge in [0.1, 0.15) is 12.2 Å². The van der Waals surface area contributed by atoms with Gasteiger partial charge < -0.3 is 18.9 Å². The van der Waals surface area contributed by atoms with Gasteiger partial charge in [0.15, 0.2) is 0 Å². The standard InChI is InChI=1S/C44H68O8/c1-3-41(45)49-29-7-9-31-13-17-33(18-14-31)35-21-25-37(26-22-35)43(47)51-39-11-5-6-12-40(39)52-44(48)38-27-23-36(24-28-38)34-19-15-32(16-20-34)10-8-30-50-42(46)4-2/h3-4,31-40H,1-2,5-30H2/t31-,32-,33-,34-,35-,36-,37-,38-,39-,40-/m1/s1. The third kappa shape index (κ3) is 12.5. The Bertz CT molecular complexity index is 1060. The van der Waals surface area contributed by atoms with E-state index in [2.05, 4.69) is 13.2 Å². The first-order valence-corrected chi connectivity index (χ1v) is 21.3. The summed E-state index contributed by atoms with van der Waals surface area (Å²) in [6.07, 6.45) is 27.7. The molecule has 0 saturated heterocycles. The Kier molecular flexibility index (Phi) is 16.6. The second kappa shape index (κ2) is 21.3. The van der Waals surface area contributed by atoms with Crippen LogP contribution >= 0.6 is 0 Å². The Morgan fingerprint density at radius 1 is 0.462 bits per heavy atom. The first-order valence-electron chi connectivity index (χ1n) is 21.3. The van der Waals surface area contributed by atoms with Crippen LogP contribution < -0.4 is 0 Å². The Morgan fingerprint density at radius 2 is 0.788 bits per heavy atom. The molecule has 0 aliphatic heterocycles. The maximum Gasteiger partial charge on any atom is 0.330 e. The molecule has 0 aromatic carbocycles. The van der Waals surface area contributed by atoms with Gasteiger partial charge in [0.05, 0.1) is 25.0 Å². The molecule has 5 aliphatic carbocycles. The molecule has 5 aliphatic rings. The van der Waals surface area contributed by atoms with Crippen LogP contribution in [0.1, 0.15) is 154 Å². The van der Waals surface area contributed by atoms with Gasteiger partial charge >= 0.3 is 23.9 Å². The Morgan fingerprint density at radius 3 is 1.12 bits per heavy atom. The number of carbonyl (C=O) groups excluding carboxylic acids is 4. The van der Waals surface area contributed by atoms with Crippen molar-refractivity contribution in [2.75, 3.05) is 13.2 Å². The van der Waals surface area contributed by atoms with Crippen molar-refractivity contribution in [3.05, 3.63) is 25.3 Å². The minimum atomic E-state index is -0.334. The maximum atomic E-state index is 13.4. The molecule has 2 atom stereocenters. The first kappa shape index (κ1) is 40.5. The number of hydrogen-bond donors (Lipinski definition) is 0. The van der Waals surface area contributed by atoms with Gasteiger partial charge in [0.25, 0.3) is 0 Å². The van der Waals surface area contributed by atoms with Crippen LogP contribution in [-0.4, -0.2) is 49.3 Å². The summed E-state index contributed by atoms with van der Waals surface area (Å²) in [4.78, 5) is 49.3. The quantitative estimate of drug-likeness (QED) is 0.0671. The van der Waals surface area contributed by atoms with Crippen LogP contribution in [0.3, 0.4) is 0 Å². The third-order valence-electron chi connectivity index (χ3n) is 13.8. The highest BCUT2D eigenvalue weighted by Gasteiger charge is 2.39. The van der Waals surface area contributed by atoms with Crippen molar-refractivity contribution in [3.8, 4) is 0 Å². The van der Waals surface area contributed by atoms with Crippen LogP contribution in [-0.2, 0) is 38.1 Å². The molecule has 5 rings (SSSR count). The SMILES string of the molecule is C=CC(=O)OCCC[C@H]1CC[C@H]([C@H]2CC[C@H](C(=O)O[C@@H]3CCCC[C@H]3OC(=O)[C@H]3CC[C@H]([C@H]4CC[C@H](CCCOC(=O)C=C)CC4)CC3)CC2)CC1. The summed E-state index contributed by atoms with van der Waals surface area (Å²) in [5, 5.41) is 0. The van der Waals surface area contributed by atoms with Crippen LogP contribution in [0.2, 0.25) is 0 Å². The number of rotatable bonds is 16. The van der Waals surface area contributed by atoms with Crippen molar-refractivity contribution in [3.63, 3.8) is 0 Å². The molecule has 8 heteroatoms. The molecular formula is C44H68O8. The predicted octanol–water partition coefficient (Wildman–Crippen LogP) is 9.63. The van der Waals surface area contributed by atoms with Crippen molar-refractivity contribution in [1.29, 1.82) is 0 Å². The molecule has 8 nitrogen and oxygen atoms in total. The molecule has 0 N–H and O–H groups in total. The molecule has 0 aromatic rings. The van der Waals surface area contributed by atoms with E-state index in [1.54, 1.807) is 0 Å². The highest BCUT2D eigenvalue weighted by molar-refractivity contribution is 5.81. The van der Waals surface area contributed by atoms with E-state index in [0.717, 1.165) is 126 Å². The maximum absolute atomic E-state index is 13.4. The van der Waals surface area contributed by atoms with Gasteiger partial charge in [0.2, 0.25) is 0 Å². The second-order valence-corrected chi connectivity index (χ2v) is 17.0. The fourth-order valence-electron chi connectivity index (χ4n) is 10.6. The lowest BCUT2D eigenvalue weighted by Crippen LogP contribution is -2.41. The molecule has 5 fully saturated rings. The third-order valence-corrected chi connectivity index (χ3v) is 13.8. The van der Waals surface area contributed by atoms with E-state index in [4.69, 9.17) is 18.9 Å². The minimum absolute atomic E-state index is 0.0310. The molecule has 52 heavy (non-hydrogen) atoms. The van der Waals surface area contributed by atoms with Gasteiger partial charge in [-0.2, -0.15) is 0 Å². The zero-order valence-electron chi connectivity index (χ0n) is 32.0. The van der Waals surface area contributed by atoms with Crippen molar-refractivity contribution >= 4 is 23.9 Å². The van der Waals surface area contributed by atoms with E-state index in [9.17, 15) is 19.2 Å². The molecule has 0 bridgehead atoms. The van der Waals surface area contributed by atoms with Crippen LogP contribution in [0.5, 0.6) is 0 Å². The van der Waals surface area contributed by atoms with Crippen LogP contribution in [0.4, 0.5) is 0 Å². The number of ether oxygens (including phenoxy) is 4. The average molecular weight is 725 g/mol. The fraction of sp³-hybridized carbons (Fsp3) is 0.818. The summed E-state index contributed by atoms with van der Waals surface area (Å²) >= 11 is 0. The van der Waals surface area contributed by atoms with Gasteiger partial charge in [-0.05, 0) is 164 Å². The lowest BCUT2D eigenvalue weighted by Gasteiger charge is -2.39. The summed E-state index contributed by atoms with van der Waals surface area (Å²) in [5.74, 6) is 3.53. The van der Waals surface area contributed by atoms with E-state index < -0.39 is 0 Å². The van der Waals surface area contributed by atoms with Crippen LogP contribution in [0, 0.1) is 47.3 Å². The van der Waals surface area contributed by atoms with E-state index in [0.29, 0.717) is 25.0 Å². The molecule has 0 unspecified atom stereocenters. The van der Waals surface area contributed by atoms with Crippen LogP contribution in [0.15, 0.2) is 25.3 Å². The molecule has 0 spiro atoms. The van der Waals surface area contributed by atoms with Crippen LogP contribution in [0.25, 0.3) is 0 Å². The minimum Gasteiger partial charge on any atom is -0.463 e. The highest BCUT2D eigenvalue weighted by Crippen LogP contribution is 2.44. The summed E-state index contributed by atoms with van der Waals surface area (Å²) in [5.41, 5.74) is 0. The summed E-state index contributed by atoms with van der Waals surface area (Å²) in [6, 6.07) is 0. The average Bonchev–Trinajstić information content (AvgIpc) is 3.19. The van der Waals surface area contributed by atoms with Crippen molar-refractivity contribution in [1.82, 2.24) is 0 Å². The molecule has 5 saturated carbocycles. The van der Waals surface area contributed by atoms with Gasteiger partial charge in [-0.1, -0.05) is 38.8 Å². The number of hydrogen-bond acceptors (Lipinski definition) is 8. The highest BCUT2D eigenvalue weighted by atomic mass is 16.6. The van der Waals surface area contributed by atoms with Crippen molar-refractivity contribution in [2.45, 2.75) is 166 Å². The molecular weight excluding hydrogens is 656 g/mol. The molecule has 0 heterocycles.